The number of rotatable bonds is 4. The largest absolute Gasteiger partial charge is 0.480 e. The van der Waals surface area contributed by atoms with Crippen LogP contribution >= 0.6 is 15.9 Å². The number of ether oxygens (including phenoxy) is 1. The fraction of sp³-hybridized carbons (Fsp3) is 0.353. The smallest absolute Gasteiger partial charge is 0.261 e. The molecule has 1 heterocycles. The van der Waals surface area contributed by atoms with Gasteiger partial charge in [0.2, 0.25) is 0 Å². The van der Waals surface area contributed by atoms with Crippen molar-refractivity contribution in [3.63, 3.8) is 0 Å². The van der Waals surface area contributed by atoms with Crippen molar-refractivity contribution in [1.29, 1.82) is 0 Å². The Hall–Kier alpha value is -1.82. The third-order valence-electron chi connectivity index (χ3n) is 3.94. The summed E-state index contributed by atoms with van der Waals surface area (Å²) >= 11 is 3.23. The highest BCUT2D eigenvalue weighted by molar-refractivity contribution is 9.10. The highest BCUT2D eigenvalue weighted by Gasteiger charge is 2.26. The van der Waals surface area contributed by atoms with Crippen molar-refractivity contribution in [1.82, 2.24) is 5.32 Å². The van der Waals surface area contributed by atoms with E-state index in [2.05, 4.69) is 21.2 Å². The van der Waals surface area contributed by atoms with Gasteiger partial charge in [-0.3, -0.25) is 4.79 Å². The van der Waals surface area contributed by atoms with E-state index < -0.39 is 6.10 Å². The molecule has 1 aliphatic carbocycles. The van der Waals surface area contributed by atoms with Gasteiger partial charge in [-0.1, -0.05) is 0 Å². The molecule has 1 N–H and O–H groups in total. The van der Waals surface area contributed by atoms with Gasteiger partial charge in [0, 0.05) is 12.0 Å². The zero-order valence-electron chi connectivity index (χ0n) is 12.6. The minimum absolute atomic E-state index is 0.0484. The van der Waals surface area contributed by atoms with Gasteiger partial charge in [-0.15, -0.1) is 0 Å². The normalized spacial score (nSPS) is 18.1. The van der Waals surface area contributed by atoms with E-state index in [9.17, 15) is 9.18 Å². The van der Waals surface area contributed by atoms with Gasteiger partial charge in [0.25, 0.3) is 5.91 Å². The Balaban J connectivity index is 1.65. The molecule has 3 rings (SSSR count). The lowest BCUT2D eigenvalue weighted by Crippen LogP contribution is -2.39. The molecule has 1 aromatic carbocycles. The summed E-state index contributed by atoms with van der Waals surface area (Å²) in [6.07, 6.45) is 3.73. The molecule has 0 radical (unpaired) electrons. The molecule has 0 saturated heterocycles. The number of hydrogen-bond donors (Lipinski definition) is 1. The Morgan fingerprint density at radius 1 is 1.48 bits per heavy atom. The second-order valence-corrected chi connectivity index (χ2v) is 6.44. The van der Waals surface area contributed by atoms with Crippen molar-refractivity contribution >= 4 is 21.8 Å². The third kappa shape index (κ3) is 3.58. The van der Waals surface area contributed by atoms with Crippen molar-refractivity contribution < 1.29 is 18.3 Å². The van der Waals surface area contributed by atoms with E-state index in [1.807, 2.05) is 6.07 Å². The molecular weight excluding hydrogens is 365 g/mol. The number of furan rings is 1. The highest BCUT2D eigenvalue weighted by Crippen LogP contribution is 2.31. The van der Waals surface area contributed by atoms with E-state index in [1.54, 1.807) is 13.2 Å². The first-order valence-corrected chi connectivity index (χ1v) is 8.32. The summed E-state index contributed by atoms with van der Waals surface area (Å²) in [6.45, 7) is 1.67. The average Bonchev–Trinajstić information content (AvgIpc) is 2.99. The number of carbonyl (C=O) groups excluding carboxylic acids is 1. The van der Waals surface area contributed by atoms with Crippen LogP contribution in [0.5, 0.6) is 5.75 Å². The summed E-state index contributed by atoms with van der Waals surface area (Å²) < 4.78 is 24.6. The van der Waals surface area contributed by atoms with Crippen molar-refractivity contribution in [3.8, 4) is 5.75 Å². The van der Waals surface area contributed by atoms with E-state index in [-0.39, 0.29) is 17.8 Å². The van der Waals surface area contributed by atoms with Crippen molar-refractivity contribution in [2.24, 2.45) is 0 Å². The van der Waals surface area contributed by atoms with Crippen LogP contribution in [0.15, 0.2) is 39.4 Å². The number of benzene rings is 1. The fourth-order valence-corrected chi connectivity index (χ4v) is 3.18. The summed E-state index contributed by atoms with van der Waals surface area (Å²) in [4.78, 5) is 12.4. The molecule has 2 unspecified atom stereocenters. The van der Waals surface area contributed by atoms with Gasteiger partial charge in [0.15, 0.2) is 6.10 Å². The molecule has 0 spiro atoms. The van der Waals surface area contributed by atoms with Crippen LogP contribution in [0.2, 0.25) is 0 Å². The second kappa shape index (κ2) is 6.74. The lowest BCUT2D eigenvalue weighted by atomic mass is 9.93. The Morgan fingerprint density at radius 3 is 3.09 bits per heavy atom. The summed E-state index contributed by atoms with van der Waals surface area (Å²) in [6, 6.07) is 5.95. The quantitative estimate of drug-likeness (QED) is 0.865. The summed E-state index contributed by atoms with van der Waals surface area (Å²) in [5.41, 5.74) is 1.04. The Kier molecular flexibility index (Phi) is 4.71. The van der Waals surface area contributed by atoms with Crippen LogP contribution in [0.25, 0.3) is 0 Å². The molecule has 1 amide bonds. The van der Waals surface area contributed by atoms with Crippen LogP contribution in [-0.4, -0.2) is 12.0 Å². The maximum absolute atomic E-state index is 13.1. The molecule has 2 atom stereocenters. The molecule has 0 saturated carbocycles. The molecule has 1 aromatic heterocycles. The van der Waals surface area contributed by atoms with Crippen LogP contribution < -0.4 is 10.1 Å². The average molecular weight is 382 g/mol. The maximum atomic E-state index is 13.1. The number of hydrogen-bond acceptors (Lipinski definition) is 3. The van der Waals surface area contributed by atoms with Gasteiger partial charge in [-0.05, 0) is 60.0 Å². The summed E-state index contributed by atoms with van der Waals surface area (Å²) in [7, 11) is 0. The van der Waals surface area contributed by atoms with E-state index >= 15 is 0 Å². The molecule has 23 heavy (non-hydrogen) atoms. The molecule has 122 valence electrons. The van der Waals surface area contributed by atoms with Gasteiger partial charge < -0.3 is 14.5 Å². The lowest BCUT2D eigenvalue weighted by Gasteiger charge is -2.24. The molecule has 2 aromatic rings. The summed E-state index contributed by atoms with van der Waals surface area (Å²) in [5.74, 6) is 0.800. The third-order valence-corrected chi connectivity index (χ3v) is 4.56. The molecule has 4 nitrogen and oxygen atoms in total. The molecular formula is C17H17BrFNO3. The zero-order chi connectivity index (χ0) is 16.4. The standard InChI is InChI=1S/C17H17BrFNO3/c1-10(23-16-6-5-11(19)9-13(16)18)17(21)20-14-3-2-4-15-12(14)7-8-22-15/h5-10,14H,2-4H2,1H3,(H,20,21). The molecule has 0 aliphatic heterocycles. The minimum Gasteiger partial charge on any atom is -0.480 e. The number of nitrogens with one attached hydrogen (secondary N) is 1. The first kappa shape index (κ1) is 16.1. The van der Waals surface area contributed by atoms with E-state index in [4.69, 9.17) is 9.15 Å². The van der Waals surface area contributed by atoms with Gasteiger partial charge >= 0.3 is 0 Å². The van der Waals surface area contributed by atoms with Gasteiger partial charge in [0.1, 0.15) is 17.3 Å². The fourth-order valence-electron chi connectivity index (χ4n) is 2.74. The van der Waals surface area contributed by atoms with Crippen LogP contribution in [0, 0.1) is 5.82 Å². The number of carbonyl (C=O) groups is 1. The van der Waals surface area contributed by atoms with E-state index in [0.29, 0.717) is 10.2 Å². The van der Waals surface area contributed by atoms with Crippen LogP contribution in [-0.2, 0) is 11.2 Å². The second-order valence-electron chi connectivity index (χ2n) is 5.59. The SMILES string of the molecule is CC(Oc1ccc(F)cc1Br)C(=O)NC1CCCc2occc21. The highest BCUT2D eigenvalue weighted by atomic mass is 79.9. The molecule has 0 fully saturated rings. The number of halogens is 2. The van der Waals surface area contributed by atoms with Crippen molar-refractivity contribution in [3.05, 3.63) is 52.1 Å². The monoisotopic (exact) mass is 381 g/mol. The van der Waals surface area contributed by atoms with Gasteiger partial charge in [-0.2, -0.15) is 0 Å². The van der Waals surface area contributed by atoms with Crippen LogP contribution in [0.1, 0.15) is 37.1 Å². The lowest BCUT2D eigenvalue weighted by molar-refractivity contribution is -0.128. The predicted octanol–water partition coefficient (Wildman–Crippen LogP) is 4.14. The molecule has 0 bridgehead atoms. The first-order chi connectivity index (χ1) is 11.0. The van der Waals surface area contributed by atoms with Gasteiger partial charge in [0.05, 0.1) is 16.8 Å². The minimum atomic E-state index is -0.686. The van der Waals surface area contributed by atoms with Crippen molar-refractivity contribution in [2.45, 2.75) is 38.3 Å². The Labute approximate surface area is 142 Å². The zero-order valence-corrected chi connectivity index (χ0v) is 14.2. The van der Waals surface area contributed by atoms with Crippen molar-refractivity contribution in [2.75, 3.05) is 0 Å². The van der Waals surface area contributed by atoms with Crippen LogP contribution in [0.3, 0.4) is 0 Å². The Morgan fingerprint density at radius 2 is 2.30 bits per heavy atom. The Bertz CT molecular complexity index is 716. The predicted molar refractivity (Wildman–Crippen MR) is 86.7 cm³/mol. The number of aryl methyl sites for hydroxylation is 1. The first-order valence-electron chi connectivity index (χ1n) is 7.53. The summed E-state index contributed by atoms with van der Waals surface area (Å²) in [5, 5.41) is 3.00. The topological polar surface area (TPSA) is 51.5 Å². The molecule has 1 aliphatic rings. The number of amides is 1. The van der Waals surface area contributed by atoms with Crippen LogP contribution in [0.4, 0.5) is 4.39 Å². The molecule has 6 heteroatoms. The van der Waals surface area contributed by atoms with E-state index in [0.717, 1.165) is 30.6 Å². The maximum Gasteiger partial charge on any atom is 0.261 e. The number of fused-ring (bicyclic) bond motifs is 1. The van der Waals surface area contributed by atoms with Gasteiger partial charge in [-0.25, -0.2) is 4.39 Å². The van der Waals surface area contributed by atoms with E-state index in [1.165, 1.54) is 18.2 Å².